The van der Waals surface area contributed by atoms with Crippen LogP contribution in [-0.4, -0.2) is 82.3 Å². The van der Waals surface area contributed by atoms with Crippen molar-refractivity contribution < 1.29 is 42.9 Å². The van der Waals surface area contributed by atoms with Gasteiger partial charge in [0.25, 0.3) is 0 Å². The summed E-state index contributed by atoms with van der Waals surface area (Å²) in [6.07, 6.45) is 95.6. The normalized spacial score (nSPS) is 13.1. The molecule has 0 heterocycles. The molecular formula is C82H147NO8. The van der Waals surface area contributed by atoms with Crippen LogP contribution in [0.2, 0.25) is 0 Å². The minimum Gasteiger partial charge on any atom is -0.545 e. The number of likely N-dealkylation sites (N-methyl/N-ethyl adjacent to an activating group) is 1. The molecule has 528 valence electrons. The fourth-order valence-electron chi connectivity index (χ4n) is 11.2. The Hall–Kier alpha value is -3.53. The van der Waals surface area contributed by atoms with Crippen molar-refractivity contribution in [2.24, 2.45) is 0 Å². The molecule has 0 bridgehead atoms. The third-order valence-corrected chi connectivity index (χ3v) is 17.1. The second kappa shape index (κ2) is 72.3. The lowest BCUT2D eigenvalue weighted by Crippen LogP contribution is -2.44. The van der Waals surface area contributed by atoms with Gasteiger partial charge in [-0.15, -0.1) is 0 Å². The first-order valence-electron chi connectivity index (χ1n) is 38.7. The Bertz CT molecular complexity index is 1770. The van der Waals surface area contributed by atoms with Crippen molar-refractivity contribution in [1.29, 1.82) is 0 Å². The van der Waals surface area contributed by atoms with Gasteiger partial charge in [0, 0.05) is 12.8 Å². The van der Waals surface area contributed by atoms with Crippen LogP contribution < -0.4 is 5.11 Å². The van der Waals surface area contributed by atoms with Gasteiger partial charge in [0.1, 0.15) is 13.2 Å². The zero-order valence-corrected chi connectivity index (χ0v) is 60.5. The Morgan fingerprint density at radius 2 is 0.626 bits per heavy atom. The molecule has 0 aromatic rings. The van der Waals surface area contributed by atoms with Crippen LogP contribution >= 0.6 is 0 Å². The third kappa shape index (κ3) is 73.7. The molecule has 0 aromatic heterocycles. The van der Waals surface area contributed by atoms with Crippen LogP contribution in [0.3, 0.4) is 0 Å². The number of carbonyl (C=O) groups excluding carboxylic acids is 3. The summed E-state index contributed by atoms with van der Waals surface area (Å²) >= 11 is 0. The molecule has 0 aliphatic rings. The third-order valence-electron chi connectivity index (χ3n) is 17.1. The van der Waals surface area contributed by atoms with Crippen LogP contribution in [0.1, 0.15) is 361 Å². The molecule has 0 aromatic carbocycles. The van der Waals surface area contributed by atoms with Crippen molar-refractivity contribution >= 4 is 17.9 Å². The van der Waals surface area contributed by atoms with E-state index in [1.54, 1.807) is 0 Å². The average molecular weight is 1280 g/mol. The number of allylic oxidation sites excluding steroid dienone is 14. The van der Waals surface area contributed by atoms with Gasteiger partial charge in [-0.2, -0.15) is 0 Å². The van der Waals surface area contributed by atoms with E-state index in [1.165, 1.54) is 244 Å². The highest BCUT2D eigenvalue weighted by Gasteiger charge is 2.22. The standard InChI is InChI=1S/C82H147NO8/c1-6-8-10-12-14-16-18-20-22-24-26-28-30-32-33-34-35-36-37-38-39-40-41-42-43-44-45-46-47-49-50-52-54-56-58-60-62-64-66-68-70-72-79(84)89-76-78(77-90-82(81(86)87)88-75-74-83(3,4)5)91-80(85)73-71-69-67-65-63-61-59-57-55-53-51-48-31-29-27-25-23-21-19-17-15-13-11-9-7-2/h9,11,15,17-18,20-21,23-24,26-27,29,48,51,78,82H,6-8,10,12-14,16,19,22,25,28,30-47,49-50,52-77H2,1-5H3/b11-9-,17-15-,20-18-,23-21-,26-24-,29-27-,51-48-. The number of hydrogen-bond acceptors (Lipinski definition) is 8. The second-order valence-corrected chi connectivity index (χ2v) is 27.3. The first-order chi connectivity index (χ1) is 44.6. The SMILES string of the molecule is CC/C=C\C/C=C\C/C=C\C/C=C\C/C=C\CCCCCCCCCCCC(=O)OC(COC(=O)CCCCCCCCCCCCCCCCCCCCCCCCCCCCCCC/C=C\C/C=C\CCCCCCC)COC(OCC[N+](C)(C)C)C(=O)[O-]. The number of rotatable bonds is 72. The molecule has 9 heteroatoms. The molecule has 0 saturated carbocycles. The van der Waals surface area contributed by atoms with Crippen LogP contribution in [0.25, 0.3) is 0 Å². The van der Waals surface area contributed by atoms with Gasteiger partial charge in [0.2, 0.25) is 0 Å². The van der Waals surface area contributed by atoms with Crippen molar-refractivity contribution in [2.75, 3.05) is 47.5 Å². The summed E-state index contributed by atoms with van der Waals surface area (Å²) in [6, 6.07) is 0. The lowest BCUT2D eigenvalue weighted by Gasteiger charge is -2.26. The Kier molecular flexibility index (Phi) is 69.5. The molecule has 2 unspecified atom stereocenters. The summed E-state index contributed by atoms with van der Waals surface area (Å²) in [5.41, 5.74) is 0. The topological polar surface area (TPSA) is 111 Å². The summed E-state index contributed by atoms with van der Waals surface area (Å²) in [5, 5.41) is 11.8. The minimum atomic E-state index is -1.63. The molecule has 91 heavy (non-hydrogen) atoms. The van der Waals surface area contributed by atoms with Crippen molar-refractivity contribution in [3.63, 3.8) is 0 Å². The highest BCUT2D eigenvalue weighted by Crippen LogP contribution is 2.19. The molecule has 0 aliphatic heterocycles. The molecule has 0 radical (unpaired) electrons. The highest BCUT2D eigenvalue weighted by molar-refractivity contribution is 5.70. The van der Waals surface area contributed by atoms with Gasteiger partial charge in [-0.1, -0.05) is 343 Å². The number of carboxylic acids is 1. The monoisotopic (exact) mass is 1270 g/mol. The van der Waals surface area contributed by atoms with E-state index in [0.717, 1.165) is 83.5 Å². The number of esters is 2. The average Bonchev–Trinajstić information content (AvgIpc) is 3.46. The predicted octanol–water partition coefficient (Wildman–Crippen LogP) is 23.3. The van der Waals surface area contributed by atoms with E-state index in [1.807, 2.05) is 21.1 Å². The Morgan fingerprint density at radius 1 is 0.341 bits per heavy atom. The maximum absolute atomic E-state index is 12.9. The van der Waals surface area contributed by atoms with Crippen molar-refractivity contribution in [2.45, 2.75) is 373 Å². The van der Waals surface area contributed by atoms with Crippen molar-refractivity contribution in [3.05, 3.63) is 85.1 Å². The van der Waals surface area contributed by atoms with Gasteiger partial charge < -0.3 is 33.3 Å². The molecule has 0 saturated heterocycles. The molecule has 0 aliphatic carbocycles. The van der Waals surface area contributed by atoms with Gasteiger partial charge in [0.05, 0.1) is 40.3 Å². The summed E-state index contributed by atoms with van der Waals surface area (Å²) in [5.74, 6) is -2.28. The molecule has 9 nitrogen and oxygen atoms in total. The van der Waals surface area contributed by atoms with Crippen LogP contribution in [0.15, 0.2) is 85.1 Å². The first kappa shape index (κ1) is 87.5. The maximum Gasteiger partial charge on any atom is 0.306 e. The quantitative estimate of drug-likeness (QED) is 0.0195. The molecule has 0 rings (SSSR count). The van der Waals surface area contributed by atoms with Gasteiger partial charge in [0.15, 0.2) is 12.4 Å². The van der Waals surface area contributed by atoms with Crippen LogP contribution in [-0.2, 0) is 33.3 Å². The zero-order valence-electron chi connectivity index (χ0n) is 60.5. The van der Waals surface area contributed by atoms with E-state index in [4.69, 9.17) is 18.9 Å². The second-order valence-electron chi connectivity index (χ2n) is 27.3. The minimum absolute atomic E-state index is 0.145. The molecule has 0 fully saturated rings. The Balaban J connectivity index is 3.96. The van der Waals surface area contributed by atoms with Gasteiger partial charge in [-0.25, -0.2) is 0 Å². The molecule has 0 amide bonds. The summed E-state index contributed by atoms with van der Waals surface area (Å²) in [6.45, 7) is 4.66. The first-order valence-corrected chi connectivity index (χ1v) is 38.7. The van der Waals surface area contributed by atoms with E-state index in [0.29, 0.717) is 23.9 Å². The number of ether oxygens (including phenoxy) is 4. The maximum atomic E-state index is 12.9. The van der Waals surface area contributed by atoms with Crippen LogP contribution in [0, 0.1) is 0 Å². The van der Waals surface area contributed by atoms with Gasteiger partial charge in [-0.05, 0) is 89.9 Å². The zero-order chi connectivity index (χ0) is 66.1. The lowest BCUT2D eigenvalue weighted by atomic mass is 10.0. The van der Waals surface area contributed by atoms with Crippen molar-refractivity contribution in [3.8, 4) is 0 Å². The van der Waals surface area contributed by atoms with E-state index >= 15 is 0 Å². The highest BCUT2D eigenvalue weighted by atomic mass is 16.7. The number of quaternary nitrogens is 1. The van der Waals surface area contributed by atoms with E-state index in [-0.39, 0.29) is 32.2 Å². The van der Waals surface area contributed by atoms with E-state index in [2.05, 4.69) is 98.9 Å². The molecule has 0 spiro atoms. The number of aliphatic carboxylic acids is 1. The summed E-state index contributed by atoms with van der Waals surface area (Å²) in [4.78, 5) is 37.5. The number of nitrogens with zero attached hydrogens (tertiary/aromatic N) is 1. The smallest absolute Gasteiger partial charge is 0.306 e. The molecule has 0 N–H and O–H groups in total. The summed E-state index contributed by atoms with van der Waals surface area (Å²) in [7, 11) is 5.94. The number of hydrogen-bond donors (Lipinski definition) is 0. The predicted molar refractivity (Wildman–Crippen MR) is 389 cm³/mol. The Labute approximate surface area is 563 Å². The largest absolute Gasteiger partial charge is 0.545 e. The fraction of sp³-hybridized carbons (Fsp3) is 0.793. The van der Waals surface area contributed by atoms with Crippen LogP contribution in [0.5, 0.6) is 0 Å². The number of unbranched alkanes of at least 4 members (excludes halogenated alkanes) is 43. The van der Waals surface area contributed by atoms with E-state index in [9.17, 15) is 19.5 Å². The molecular weight excluding hydrogens is 1130 g/mol. The van der Waals surface area contributed by atoms with Gasteiger partial charge in [-0.3, -0.25) is 9.59 Å². The van der Waals surface area contributed by atoms with Crippen LogP contribution in [0.4, 0.5) is 0 Å². The summed E-state index contributed by atoms with van der Waals surface area (Å²) < 4.78 is 22.8. The van der Waals surface area contributed by atoms with Crippen molar-refractivity contribution in [1.82, 2.24) is 0 Å². The number of carboxylic acid groups (broad SMARTS) is 1. The fourth-order valence-corrected chi connectivity index (χ4v) is 11.2. The van der Waals surface area contributed by atoms with E-state index < -0.39 is 24.3 Å². The lowest BCUT2D eigenvalue weighted by molar-refractivity contribution is -0.870. The Morgan fingerprint density at radius 3 is 0.934 bits per heavy atom. The molecule has 2 atom stereocenters. The van der Waals surface area contributed by atoms with Gasteiger partial charge >= 0.3 is 11.9 Å². The number of carbonyl (C=O) groups is 3.